The van der Waals surface area contributed by atoms with Gasteiger partial charge in [-0.2, -0.15) is 0 Å². The Hall–Kier alpha value is -2.36. The second kappa shape index (κ2) is 9.84. The first kappa shape index (κ1) is 21.9. The zero-order valence-corrected chi connectivity index (χ0v) is 19.3. The standard InChI is InChI=1S/C21H21ClN4O3S2/c1-2-29-21(28)13-3-5-26(6-4-13)19-10-23-15(9-24-19)17(27)8-20-25-16(12-31-20)18-7-14(22)11-30-18/h7,9-13H,2-6,8H2,1H3. The summed E-state index contributed by atoms with van der Waals surface area (Å²) in [6.45, 7) is 3.64. The molecule has 0 amide bonds. The maximum atomic E-state index is 12.6. The van der Waals surface area contributed by atoms with E-state index in [1.807, 2.05) is 23.8 Å². The van der Waals surface area contributed by atoms with E-state index < -0.39 is 0 Å². The molecule has 1 aliphatic rings. The van der Waals surface area contributed by atoms with Crippen LogP contribution in [0, 0.1) is 5.92 Å². The number of piperidine rings is 1. The second-order valence-electron chi connectivity index (χ2n) is 7.13. The average Bonchev–Trinajstić information content (AvgIpc) is 3.43. The lowest BCUT2D eigenvalue weighted by atomic mass is 9.97. The number of aromatic nitrogens is 3. The number of nitrogens with zero attached hydrogens (tertiary/aromatic N) is 4. The van der Waals surface area contributed by atoms with Crippen molar-refractivity contribution in [3.8, 4) is 10.6 Å². The van der Waals surface area contributed by atoms with Gasteiger partial charge in [-0.25, -0.2) is 15.0 Å². The summed E-state index contributed by atoms with van der Waals surface area (Å²) in [5.74, 6) is 0.412. The van der Waals surface area contributed by atoms with Crippen LogP contribution in [0.1, 0.15) is 35.3 Å². The highest BCUT2D eigenvalue weighted by Crippen LogP contribution is 2.30. The van der Waals surface area contributed by atoms with Crippen LogP contribution in [0.25, 0.3) is 10.6 Å². The SMILES string of the molecule is CCOC(=O)C1CCN(c2cnc(C(=O)Cc3nc(-c4cc(Cl)cs4)cs3)cn2)CC1. The number of Topliss-reactive ketones (excluding diaryl/α,β-unsaturated/α-hetero) is 1. The van der Waals surface area contributed by atoms with Crippen molar-refractivity contribution < 1.29 is 14.3 Å². The molecule has 0 atom stereocenters. The zero-order chi connectivity index (χ0) is 21.8. The van der Waals surface area contributed by atoms with Gasteiger partial charge in [-0.05, 0) is 25.8 Å². The Kier molecular flexibility index (Phi) is 6.94. The normalized spacial score (nSPS) is 14.6. The van der Waals surface area contributed by atoms with Crippen LogP contribution in [0.15, 0.2) is 29.2 Å². The first-order chi connectivity index (χ1) is 15.0. The van der Waals surface area contributed by atoms with E-state index in [1.54, 1.807) is 6.20 Å². The Morgan fingerprint density at radius 3 is 2.65 bits per heavy atom. The Labute approximate surface area is 193 Å². The number of carbonyl (C=O) groups is 2. The van der Waals surface area contributed by atoms with E-state index >= 15 is 0 Å². The monoisotopic (exact) mass is 476 g/mol. The van der Waals surface area contributed by atoms with E-state index in [2.05, 4.69) is 19.9 Å². The number of ether oxygens (including phenoxy) is 1. The van der Waals surface area contributed by atoms with E-state index in [0.29, 0.717) is 36.2 Å². The van der Waals surface area contributed by atoms with Gasteiger partial charge in [0.2, 0.25) is 0 Å². The number of hydrogen-bond donors (Lipinski definition) is 0. The van der Waals surface area contributed by atoms with Gasteiger partial charge >= 0.3 is 5.97 Å². The summed E-state index contributed by atoms with van der Waals surface area (Å²) < 4.78 is 5.11. The average molecular weight is 477 g/mol. The number of carbonyl (C=O) groups excluding carboxylic acids is 2. The first-order valence-corrected chi connectivity index (χ1v) is 12.1. The van der Waals surface area contributed by atoms with Crippen LogP contribution in [0.4, 0.5) is 5.82 Å². The molecule has 0 aromatic carbocycles. The first-order valence-electron chi connectivity index (χ1n) is 9.99. The smallest absolute Gasteiger partial charge is 0.309 e. The van der Waals surface area contributed by atoms with Gasteiger partial charge in [-0.15, -0.1) is 22.7 Å². The minimum Gasteiger partial charge on any atom is -0.466 e. The number of thiophene rings is 1. The molecule has 10 heteroatoms. The fourth-order valence-electron chi connectivity index (χ4n) is 3.41. The maximum absolute atomic E-state index is 12.6. The third-order valence-electron chi connectivity index (χ3n) is 5.05. The van der Waals surface area contributed by atoms with Crippen molar-refractivity contribution in [2.24, 2.45) is 5.92 Å². The molecule has 3 aromatic rings. The van der Waals surface area contributed by atoms with Crippen molar-refractivity contribution in [1.29, 1.82) is 0 Å². The van der Waals surface area contributed by atoms with Crippen LogP contribution in [0.3, 0.4) is 0 Å². The lowest BCUT2D eigenvalue weighted by molar-refractivity contribution is -0.148. The van der Waals surface area contributed by atoms with E-state index in [4.69, 9.17) is 16.3 Å². The third kappa shape index (κ3) is 5.28. The summed E-state index contributed by atoms with van der Waals surface area (Å²) in [6, 6.07) is 1.87. The zero-order valence-electron chi connectivity index (χ0n) is 16.9. The van der Waals surface area contributed by atoms with Gasteiger partial charge in [-0.1, -0.05) is 11.6 Å². The van der Waals surface area contributed by atoms with Crippen molar-refractivity contribution >= 4 is 51.8 Å². The summed E-state index contributed by atoms with van der Waals surface area (Å²) in [7, 11) is 0. The van der Waals surface area contributed by atoms with Crippen LogP contribution in [0.5, 0.6) is 0 Å². The Balaban J connectivity index is 1.34. The molecule has 0 spiro atoms. The molecular weight excluding hydrogens is 456 g/mol. The number of rotatable bonds is 7. The summed E-state index contributed by atoms with van der Waals surface area (Å²) in [5.41, 5.74) is 1.15. The Morgan fingerprint density at radius 1 is 1.19 bits per heavy atom. The Bertz CT molecular complexity index is 1060. The molecule has 1 saturated heterocycles. The highest BCUT2D eigenvalue weighted by atomic mass is 35.5. The third-order valence-corrected chi connectivity index (χ3v) is 7.20. The molecule has 4 rings (SSSR count). The number of ketones is 1. The van der Waals surface area contributed by atoms with Gasteiger partial charge in [0, 0.05) is 23.8 Å². The van der Waals surface area contributed by atoms with Crippen LogP contribution >= 0.6 is 34.3 Å². The Morgan fingerprint density at radius 2 is 2.00 bits per heavy atom. The van der Waals surface area contributed by atoms with Crippen LogP contribution in [-0.4, -0.2) is 46.4 Å². The fourth-order valence-corrected chi connectivity index (χ4v) is 5.32. The predicted octanol–water partition coefficient (Wildman–Crippen LogP) is 4.52. The highest BCUT2D eigenvalue weighted by Gasteiger charge is 2.26. The molecule has 0 N–H and O–H groups in total. The number of esters is 1. The molecule has 0 saturated carbocycles. The minimum atomic E-state index is -0.123. The summed E-state index contributed by atoms with van der Waals surface area (Å²) in [5, 5.41) is 5.21. The molecule has 162 valence electrons. The predicted molar refractivity (Wildman–Crippen MR) is 122 cm³/mol. The molecule has 3 aromatic heterocycles. The maximum Gasteiger partial charge on any atom is 0.309 e. The van der Waals surface area contributed by atoms with E-state index in [1.165, 1.54) is 28.9 Å². The highest BCUT2D eigenvalue weighted by molar-refractivity contribution is 7.15. The van der Waals surface area contributed by atoms with Crippen molar-refractivity contribution in [1.82, 2.24) is 15.0 Å². The molecule has 0 aliphatic carbocycles. The quantitative estimate of drug-likeness (QED) is 0.366. The topological polar surface area (TPSA) is 85.3 Å². The van der Waals surface area contributed by atoms with E-state index in [-0.39, 0.29) is 24.1 Å². The summed E-state index contributed by atoms with van der Waals surface area (Å²) >= 11 is 8.95. The van der Waals surface area contributed by atoms with Crippen LogP contribution in [0.2, 0.25) is 5.02 Å². The number of hydrogen-bond acceptors (Lipinski definition) is 9. The summed E-state index contributed by atoms with van der Waals surface area (Å²) in [4.78, 5) is 40.8. The fraction of sp³-hybridized carbons (Fsp3) is 0.381. The lowest BCUT2D eigenvalue weighted by Crippen LogP contribution is -2.37. The van der Waals surface area contributed by atoms with Crippen molar-refractivity contribution in [3.05, 3.63) is 44.9 Å². The summed E-state index contributed by atoms with van der Waals surface area (Å²) in [6.07, 6.45) is 4.77. The van der Waals surface area contributed by atoms with E-state index in [9.17, 15) is 9.59 Å². The van der Waals surface area contributed by atoms with Gasteiger partial charge < -0.3 is 9.64 Å². The molecule has 0 unspecified atom stereocenters. The second-order valence-corrected chi connectivity index (χ2v) is 9.42. The van der Waals surface area contributed by atoms with Crippen molar-refractivity contribution in [2.75, 3.05) is 24.6 Å². The van der Waals surface area contributed by atoms with Gasteiger partial charge in [0.1, 0.15) is 16.5 Å². The van der Waals surface area contributed by atoms with Crippen molar-refractivity contribution in [2.45, 2.75) is 26.2 Å². The largest absolute Gasteiger partial charge is 0.466 e. The molecule has 0 radical (unpaired) electrons. The number of halogens is 1. The van der Waals surface area contributed by atoms with E-state index in [0.717, 1.165) is 28.4 Å². The molecule has 4 heterocycles. The van der Waals surface area contributed by atoms with Crippen molar-refractivity contribution in [3.63, 3.8) is 0 Å². The van der Waals surface area contributed by atoms with Gasteiger partial charge in [0.05, 0.1) is 46.9 Å². The molecule has 31 heavy (non-hydrogen) atoms. The van der Waals surface area contributed by atoms with Crippen LogP contribution < -0.4 is 4.90 Å². The number of anilines is 1. The molecular formula is C21H21ClN4O3S2. The lowest BCUT2D eigenvalue weighted by Gasteiger charge is -2.31. The number of thiazole rings is 1. The minimum absolute atomic E-state index is 0.0570. The van der Waals surface area contributed by atoms with Gasteiger partial charge in [0.15, 0.2) is 5.78 Å². The van der Waals surface area contributed by atoms with Gasteiger partial charge in [0.25, 0.3) is 0 Å². The molecule has 7 nitrogen and oxygen atoms in total. The van der Waals surface area contributed by atoms with Gasteiger partial charge in [-0.3, -0.25) is 9.59 Å². The molecule has 1 fully saturated rings. The molecule has 1 aliphatic heterocycles. The molecule has 0 bridgehead atoms. The van der Waals surface area contributed by atoms with Crippen LogP contribution in [-0.2, 0) is 16.0 Å².